The van der Waals surface area contributed by atoms with Crippen molar-refractivity contribution in [1.29, 1.82) is 0 Å². The van der Waals surface area contributed by atoms with Gasteiger partial charge in [-0.1, -0.05) is 12.8 Å². The SMILES string of the molecule is O=C(CC1CNC1)NCC1CCCC1. The number of rotatable bonds is 4. The number of hydrogen-bond donors (Lipinski definition) is 2. The average molecular weight is 196 g/mol. The fourth-order valence-corrected chi connectivity index (χ4v) is 2.30. The van der Waals surface area contributed by atoms with Gasteiger partial charge in [-0.3, -0.25) is 4.79 Å². The molecule has 1 aliphatic carbocycles. The summed E-state index contributed by atoms with van der Waals surface area (Å²) in [5.74, 6) is 1.61. The van der Waals surface area contributed by atoms with E-state index in [1.54, 1.807) is 0 Å². The molecule has 14 heavy (non-hydrogen) atoms. The van der Waals surface area contributed by atoms with Gasteiger partial charge in [-0.15, -0.1) is 0 Å². The Hall–Kier alpha value is -0.570. The number of carbonyl (C=O) groups excluding carboxylic acids is 1. The molecule has 1 heterocycles. The Morgan fingerprint density at radius 3 is 2.50 bits per heavy atom. The first-order valence-corrected chi connectivity index (χ1v) is 5.82. The van der Waals surface area contributed by atoms with Gasteiger partial charge in [0, 0.05) is 13.0 Å². The van der Waals surface area contributed by atoms with E-state index < -0.39 is 0 Å². The fourth-order valence-electron chi connectivity index (χ4n) is 2.30. The molecule has 0 radical (unpaired) electrons. The van der Waals surface area contributed by atoms with Gasteiger partial charge in [0.15, 0.2) is 0 Å². The van der Waals surface area contributed by atoms with Crippen LogP contribution in [0.15, 0.2) is 0 Å². The van der Waals surface area contributed by atoms with Gasteiger partial charge in [0.25, 0.3) is 0 Å². The molecule has 3 nitrogen and oxygen atoms in total. The van der Waals surface area contributed by atoms with E-state index in [0.29, 0.717) is 5.92 Å². The van der Waals surface area contributed by atoms with Crippen LogP contribution in [0.5, 0.6) is 0 Å². The lowest BCUT2D eigenvalue weighted by atomic mass is 9.99. The predicted molar refractivity (Wildman–Crippen MR) is 55.9 cm³/mol. The third kappa shape index (κ3) is 2.71. The molecule has 0 atom stereocenters. The van der Waals surface area contributed by atoms with Crippen LogP contribution < -0.4 is 10.6 Å². The van der Waals surface area contributed by atoms with Gasteiger partial charge < -0.3 is 10.6 Å². The zero-order valence-corrected chi connectivity index (χ0v) is 8.72. The fraction of sp³-hybridized carbons (Fsp3) is 0.909. The largest absolute Gasteiger partial charge is 0.356 e. The maximum Gasteiger partial charge on any atom is 0.220 e. The van der Waals surface area contributed by atoms with Crippen LogP contribution in [0.25, 0.3) is 0 Å². The smallest absolute Gasteiger partial charge is 0.220 e. The summed E-state index contributed by atoms with van der Waals surface area (Å²) in [5, 5.41) is 6.24. The summed E-state index contributed by atoms with van der Waals surface area (Å²) in [4.78, 5) is 11.5. The molecule has 1 saturated carbocycles. The third-order valence-corrected chi connectivity index (χ3v) is 3.40. The van der Waals surface area contributed by atoms with Crippen LogP contribution >= 0.6 is 0 Å². The molecule has 0 unspecified atom stereocenters. The minimum atomic E-state index is 0.253. The van der Waals surface area contributed by atoms with Crippen molar-refractivity contribution in [3.63, 3.8) is 0 Å². The lowest BCUT2D eigenvalue weighted by Crippen LogP contribution is -2.44. The topological polar surface area (TPSA) is 41.1 Å². The van der Waals surface area contributed by atoms with Gasteiger partial charge in [-0.05, 0) is 37.8 Å². The summed E-state index contributed by atoms with van der Waals surface area (Å²) in [7, 11) is 0. The van der Waals surface area contributed by atoms with Gasteiger partial charge >= 0.3 is 0 Å². The number of carbonyl (C=O) groups is 1. The van der Waals surface area contributed by atoms with Gasteiger partial charge in [0.2, 0.25) is 5.91 Å². The normalized spacial score (nSPS) is 23.4. The van der Waals surface area contributed by atoms with Crippen molar-refractivity contribution in [3.05, 3.63) is 0 Å². The van der Waals surface area contributed by atoms with Gasteiger partial charge in [-0.2, -0.15) is 0 Å². The molecule has 0 spiro atoms. The van der Waals surface area contributed by atoms with Crippen LogP contribution in [-0.4, -0.2) is 25.5 Å². The van der Waals surface area contributed by atoms with Crippen molar-refractivity contribution in [2.75, 3.05) is 19.6 Å². The van der Waals surface area contributed by atoms with Crippen LogP contribution in [0.1, 0.15) is 32.1 Å². The number of hydrogen-bond acceptors (Lipinski definition) is 2. The highest BCUT2D eigenvalue weighted by Gasteiger charge is 2.21. The van der Waals surface area contributed by atoms with Crippen molar-refractivity contribution >= 4 is 5.91 Å². The van der Waals surface area contributed by atoms with Crippen molar-refractivity contribution in [1.82, 2.24) is 10.6 Å². The van der Waals surface area contributed by atoms with E-state index in [1.807, 2.05) is 0 Å². The first-order chi connectivity index (χ1) is 6.84. The maximum absolute atomic E-state index is 11.5. The number of amides is 1. The van der Waals surface area contributed by atoms with Crippen molar-refractivity contribution in [3.8, 4) is 0 Å². The highest BCUT2D eigenvalue weighted by atomic mass is 16.1. The minimum Gasteiger partial charge on any atom is -0.356 e. The third-order valence-electron chi connectivity index (χ3n) is 3.40. The Bertz CT molecular complexity index is 195. The summed E-state index contributed by atoms with van der Waals surface area (Å²) >= 11 is 0. The number of nitrogens with one attached hydrogen (secondary N) is 2. The standard InChI is InChI=1S/C11H20N2O/c14-11(5-10-6-12-7-10)13-8-9-3-1-2-4-9/h9-10,12H,1-8H2,(H,13,14). The molecule has 0 aromatic carbocycles. The highest BCUT2D eigenvalue weighted by Crippen LogP contribution is 2.23. The lowest BCUT2D eigenvalue weighted by molar-refractivity contribution is -0.122. The molecule has 2 aliphatic rings. The molecule has 1 aliphatic heterocycles. The second-order valence-corrected chi connectivity index (χ2v) is 4.68. The van der Waals surface area contributed by atoms with E-state index in [0.717, 1.165) is 32.0 Å². The quantitative estimate of drug-likeness (QED) is 0.701. The maximum atomic E-state index is 11.5. The van der Waals surface area contributed by atoms with Crippen LogP contribution in [0.4, 0.5) is 0 Å². The zero-order valence-electron chi connectivity index (χ0n) is 8.72. The first-order valence-electron chi connectivity index (χ1n) is 5.82. The molecule has 1 amide bonds. The molecule has 2 N–H and O–H groups in total. The molecule has 2 fully saturated rings. The first kappa shape index (κ1) is 9.97. The summed E-state index contributed by atoms with van der Waals surface area (Å²) in [6, 6.07) is 0. The molecule has 0 bridgehead atoms. The van der Waals surface area contributed by atoms with Gasteiger partial charge in [0.1, 0.15) is 0 Å². The highest BCUT2D eigenvalue weighted by molar-refractivity contribution is 5.76. The Morgan fingerprint density at radius 1 is 1.21 bits per heavy atom. The summed E-state index contributed by atoms with van der Waals surface area (Å²) in [6.45, 7) is 2.96. The van der Waals surface area contributed by atoms with E-state index in [9.17, 15) is 4.79 Å². The second-order valence-electron chi connectivity index (χ2n) is 4.68. The van der Waals surface area contributed by atoms with E-state index in [1.165, 1.54) is 25.7 Å². The van der Waals surface area contributed by atoms with Crippen LogP contribution in [0.3, 0.4) is 0 Å². The van der Waals surface area contributed by atoms with Gasteiger partial charge in [-0.25, -0.2) is 0 Å². The predicted octanol–water partition coefficient (Wildman–Crippen LogP) is 0.902. The Kier molecular flexibility index (Phi) is 3.40. The van der Waals surface area contributed by atoms with Crippen molar-refractivity contribution < 1.29 is 4.79 Å². The molecule has 2 rings (SSSR count). The summed E-state index contributed by atoms with van der Waals surface area (Å²) < 4.78 is 0. The lowest BCUT2D eigenvalue weighted by Gasteiger charge is -2.26. The summed E-state index contributed by atoms with van der Waals surface area (Å²) in [5.41, 5.74) is 0. The molecule has 3 heteroatoms. The van der Waals surface area contributed by atoms with Crippen LogP contribution in [0.2, 0.25) is 0 Å². The van der Waals surface area contributed by atoms with Crippen molar-refractivity contribution in [2.45, 2.75) is 32.1 Å². The molecule has 1 saturated heterocycles. The molecule has 0 aromatic heterocycles. The zero-order chi connectivity index (χ0) is 9.80. The Morgan fingerprint density at radius 2 is 1.93 bits per heavy atom. The van der Waals surface area contributed by atoms with E-state index >= 15 is 0 Å². The molecule has 80 valence electrons. The van der Waals surface area contributed by atoms with Crippen LogP contribution in [0, 0.1) is 11.8 Å². The molecular formula is C11H20N2O. The van der Waals surface area contributed by atoms with Crippen LogP contribution in [-0.2, 0) is 4.79 Å². The monoisotopic (exact) mass is 196 g/mol. The molecule has 0 aromatic rings. The van der Waals surface area contributed by atoms with E-state index in [2.05, 4.69) is 10.6 Å². The minimum absolute atomic E-state index is 0.253. The average Bonchev–Trinajstić information content (AvgIpc) is 2.60. The van der Waals surface area contributed by atoms with E-state index in [4.69, 9.17) is 0 Å². The molecular weight excluding hydrogens is 176 g/mol. The van der Waals surface area contributed by atoms with Gasteiger partial charge in [0.05, 0.1) is 0 Å². The Balaban J connectivity index is 1.57. The van der Waals surface area contributed by atoms with E-state index in [-0.39, 0.29) is 5.91 Å². The van der Waals surface area contributed by atoms with Crippen molar-refractivity contribution in [2.24, 2.45) is 11.8 Å². The second kappa shape index (κ2) is 4.78. The Labute approximate surface area is 85.6 Å². The summed E-state index contributed by atoms with van der Waals surface area (Å²) in [6.07, 6.45) is 6.05.